The zero-order valence-corrected chi connectivity index (χ0v) is 19.5. The maximum absolute atomic E-state index is 13.1. The topological polar surface area (TPSA) is 207 Å². The molecule has 0 saturated carbocycles. The maximum atomic E-state index is 13.1. The Morgan fingerprint density at radius 3 is 2.20 bits per heavy atom. The van der Waals surface area contributed by atoms with E-state index in [1.54, 1.807) is 0 Å². The van der Waals surface area contributed by atoms with Crippen LogP contribution in [0.2, 0.25) is 0 Å². The minimum absolute atomic E-state index is 0.0281. The Kier molecular flexibility index (Phi) is 9.71. The lowest BCUT2D eigenvalue weighted by Gasteiger charge is -2.23. The summed E-state index contributed by atoms with van der Waals surface area (Å²) >= 11 is 0. The van der Waals surface area contributed by atoms with E-state index in [0.29, 0.717) is 12.8 Å². The van der Waals surface area contributed by atoms with Crippen molar-refractivity contribution >= 4 is 39.7 Å². The van der Waals surface area contributed by atoms with Crippen molar-refractivity contribution in [2.45, 2.75) is 55.5 Å². The molecule has 0 aliphatic carbocycles. The monoisotopic (exact) mass is 513 g/mol. The molecule has 1 aromatic rings. The van der Waals surface area contributed by atoms with Gasteiger partial charge in [0.25, 0.3) is 5.91 Å². The molecule has 1 heterocycles. The lowest BCUT2D eigenvalue weighted by Crippen LogP contribution is -2.46. The largest absolute Gasteiger partial charge is 0.481 e. The average molecular weight is 514 g/mol. The molecule has 0 bridgehead atoms. The molecule has 1 saturated heterocycles. The molecule has 0 radical (unpaired) electrons. The molecule has 0 spiro atoms. The molecule has 13 nitrogen and oxygen atoms in total. The number of sulfonamides is 1. The van der Waals surface area contributed by atoms with Gasteiger partial charge in [0.05, 0.1) is 4.90 Å². The SMILES string of the molecule is O=C(O)CCCNC(=O)C1CCCN1S(=O)(=O)c1ccc(C(=O)NC(CCC(=O)O)C(=O)O)cc1. The summed E-state index contributed by atoms with van der Waals surface area (Å²) in [5.41, 5.74) is -0.0281. The van der Waals surface area contributed by atoms with Crippen LogP contribution in [0.5, 0.6) is 0 Å². The normalized spacial score (nSPS) is 16.9. The fourth-order valence-electron chi connectivity index (χ4n) is 3.54. The van der Waals surface area contributed by atoms with E-state index in [-0.39, 0.29) is 42.8 Å². The van der Waals surface area contributed by atoms with Gasteiger partial charge >= 0.3 is 17.9 Å². The van der Waals surface area contributed by atoms with E-state index < -0.39 is 58.3 Å². The van der Waals surface area contributed by atoms with Gasteiger partial charge < -0.3 is 26.0 Å². The van der Waals surface area contributed by atoms with Crippen molar-refractivity contribution in [1.29, 1.82) is 0 Å². The lowest BCUT2D eigenvalue weighted by atomic mass is 10.1. The maximum Gasteiger partial charge on any atom is 0.326 e. The number of nitrogens with zero attached hydrogens (tertiary/aromatic N) is 1. The van der Waals surface area contributed by atoms with Crippen molar-refractivity contribution in [1.82, 2.24) is 14.9 Å². The molecule has 1 aliphatic rings. The molecule has 1 fully saturated rings. The zero-order valence-electron chi connectivity index (χ0n) is 18.7. The van der Waals surface area contributed by atoms with Crippen LogP contribution < -0.4 is 10.6 Å². The predicted molar refractivity (Wildman–Crippen MR) is 119 cm³/mol. The second kappa shape index (κ2) is 12.3. The number of carbonyl (C=O) groups is 5. The fraction of sp³-hybridized carbons (Fsp3) is 0.476. The van der Waals surface area contributed by atoms with Crippen LogP contribution in [-0.2, 0) is 29.2 Å². The molecule has 192 valence electrons. The van der Waals surface area contributed by atoms with Gasteiger partial charge in [-0.05, 0) is 49.9 Å². The van der Waals surface area contributed by atoms with Crippen LogP contribution in [0.1, 0.15) is 48.9 Å². The summed E-state index contributed by atoms with van der Waals surface area (Å²) in [6.07, 6.45) is 0.0657. The van der Waals surface area contributed by atoms with E-state index in [4.69, 9.17) is 15.3 Å². The van der Waals surface area contributed by atoms with Crippen molar-refractivity contribution in [2.75, 3.05) is 13.1 Å². The van der Waals surface area contributed by atoms with Crippen LogP contribution in [0, 0.1) is 0 Å². The molecule has 1 aromatic carbocycles. The Labute approximate surface area is 201 Å². The number of nitrogens with one attached hydrogen (secondary N) is 2. The van der Waals surface area contributed by atoms with Gasteiger partial charge in [-0.3, -0.25) is 19.2 Å². The number of carboxylic acids is 3. The van der Waals surface area contributed by atoms with Gasteiger partial charge in [-0.25, -0.2) is 13.2 Å². The van der Waals surface area contributed by atoms with Gasteiger partial charge in [0.1, 0.15) is 12.1 Å². The van der Waals surface area contributed by atoms with Gasteiger partial charge in [-0.1, -0.05) is 0 Å². The van der Waals surface area contributed by atoms with Crippen LogP contribution >= 0.6 is 0 Å². The van der Waals surface area contributed by atoms with Crippen LogP contribution in [0.15, 0.2) is 29.2 Å². The number of rotatable bonds is 13. The van der Waals surface area contributed by atoms with E-state index in [0.717, 1.165) is 16.4 Å². The minimum atomic E-state index is -4.09. The van der Waals surface area contributed by atoms with Crippen LogP contribution in [-0.4, -0.2) is 82.9 Å². The summed E-state index contributed by atoms with van der Waals surface area (Å²) in [6.45, 7) is 0.213. The third-order valence-electron chi connectivity index (χ3n) is 5.35. The number of carbonyl (C=O) groups excluding carboxylic acids is 2. The summed E-state index contributed by atoms with van der Waals surface area (Å²) < 4.78 is 27.3. The van der Waals surface area contributed by atoms with Crippen molar-refractivity contribution < 1.29 is 47.7 Å². The second-order valence-corrected chi connectivity index (χ2v) is 9.77. The molecule has 1 aliphatic heterocycles. The molecule has 2 rings (SSSR count). The first-order valence-corrected chi connectivity index (χ1v) is 12.2. The third kappa shape index (κ3) is 7.75. The summed E-state index contributed by atoms with van der Waals surface area (Å²) in [5, 5.41) is 31.3. The number of carboxylic acid groups (broad SMARTS) is 3. The number of hydrogen-bond acceptors (Lipinski definition) is 7. The van der Waals surface area contributed by atoms with Gasteiger partial charge in [0.15, 0.2) is 0 Å². The standard InChI is InChI=1S/C21H27N3O10S/c25-17(26)4-1-11-22-20(30)16-3-2-12-24(16)35(33,34)14-7-5-13(6-8-14)19(29)23-15(21(31)32)9-10-18(27)28/h5-8,15-16H,1-4,9-12H2,(H,22,30)(H,23,29)(H,25,26)(H,27,28)(H,31,32). The number of amides is 2. The first-order chi connectivity index (χ1) is 16.4. The Bertz CT molecular complexity index is 1070. The summed E-state index contributed by atoms with van der Waals surface area (Å²) in [7, 11) is -4.09. The highest BCUT2D eigenvalue weighted by atomic mass is 32.2. The Morgan fingerprint density at radius 2 is 1.63 bits per heavy atom. The van der Waals surface area contributed by atoms with Crippen LogP contribution in [0.4, 0.5) is 0 Å². The van der Waals surface area contributed by atoms with E-state index in [1.807, 2.05) is 0 Å². The number of hydrogen-bond donors (Lipinski definition) is 5. The number of benzene rings is 1. The van der Waals surface area contributed by atoms with Crippen LogP contribution in [0.25, 0.3) is 0 Å². The van der Waals surface area contributed by atoms with Gasteiger partial charge in [-0.2, -0.15) is 4.31 Å². The second-order valence-electron chi connectivity index (χ2n) is 7.88. The third-order valence-corrected chi connectivity index (χ3v) is 7.27. The van der Waals surface area contributed by atoms with Gasteiger partial charge in [-0.15, -0.1) is 0 Å². The molecule has 14 heteroatoms. The summed E-state index contributed by atoms with van der Waals surface area (Å²) in [4.78, 5) is 57.2. The smallest absolute Gasteiger partial charge is 0.326 e. The Balaban J connectivity index is 2.07. The van der Waals surface area contributed by atoms with E-state index in [9.17, 15) is 32.4 Å². The quantitative estimate of drug-likeness (QED) is 0.221. The molecule has 2 atom stereocenters. The number of aliphatic carboxylic acids is 3. The zero-order chi connectivity index (χ0) is 26.2. The van der Waals surface area contributed by atoms with Crippen molar-refractivity contribution in [3.05, 3.63) is 29.8 Å². The lowest BCUT2D eigenvalue weighted by molar-refractivity contribution is -0.141. The average Bonchev–Trinajstić information content (AvgIpc) is 3.30. The van der Waals surface area contributed by atoms with E-state index in [2.05, 4.69) is 10.6 Å². The molecular weight excluding hydrogens is 486 g/mol. The highest BCUT2D eigenvalue weighted by molar-refractivity contribution is 7.89. The molecular formula is C21H27N3O10S. The first-order valence-electron chi connectivity index (χ1n) is 10.8. The highest BCUT2D eigenvalue weighted by Crippen LogP contribution is 2.26. The van der Waals surface area contributed by atoms with Crippen molar-refractivity contribution in [2.24, 2.45) is 0 Å². The van der Waals surface area contributed by atoms with E-state index >= 15 is 0 Å². The molecule has 0 aromatic heterocycles. The minimum Gasteiger partial charge on any atom is -0.481 e. The molecule has 5 N–H and O–H groups in total. The summed E-state index contributed by atoms with van der Waals surface area (Å²) in [5.74, 6) is -4.95. The van der Waals surface area contributed by atoms with Crippen molar-refractivity contribution in [3.8, 4) is 0 Å². The highest BCUT2D eigenvalue weighted by Gasteiger charge is 2.39. The fourth-order valence-corrected chi connectivity index (χ4v) is 5.20. The van der Waals surface area contributed by atoms with Crippen LogP contribution in [0.3, 0.4) is 0 Å². The predicted octanol–water partition coefficient (Wildman–Crippen LogP) is -0.131. The molecule has 35 heavy (non-hydrogen) atoms. The van der Waals surface area contributed by atoms with Gasteiger partial charge in [0.2, 0.25) is 15.9 Å². The Morgan fingerprint density at radius 1 is 1.00 bits per heavy atom. The van der Waals surface area contributed by atoms with Gasteiger partial charge in [0, 0.05) is 31.5 Å². The van der Waals surface area contributed by atoms with Crippen molar-refractivity contribution in [3.63, 3.8) is 0 Å². The summed E-state index contributed by atoms with van der Waals surface area (Å²) in [6, 6.07) is 2.33. The van der Waals surface area contributed by atoms with E-state index in [1.165, 1.54) is 12.1 Å². The molecule has 2 unspecified atom stereocenters. The Hall–Kier alpha value is -3.52. The molecule has 2 amide bonds. The first kappa shape index (κ1) is 27.7.